The van der Waals surface area contributed by atoms with Crippen molar-refractivity contribution in [2.75, 3.05) is 5.32 Å². The van der Waals surface area contributed by atoms with Gasteiger partial charge in [0, 0.05) is 12.5 Å². The van der Waals surface area contributed by atoms with E-state index in [9.17, 15) is 4.79 Å². The van der Waals surface area contributed by atoms with Gasteiger partial charge >= 0.3 is 0 Å². The summed E-state index contributed by atoms with van der Waals surface area (Å²) in [4.78, 5) is 11.8. The van der Waals surface area contributed by atoms with Crippen molar-refractivity contribution in [3.8, 4) is 0 Å². The number of nitrogens with zero attached hydrogens (tertiary/aromatic N) is 2. The van der Waals surface area contributed by atoms with Gasteiger partial charge in [0.2, 0.25) is 11.0 Å². The fourth-order valence-corrected chi connectivity index (χ4v) is 2.56. The van der Waals surface area contributed by atoms with Crippen LogP contribution in [0.2, 0.25) is 0 Å². The molecule has 1 amide bonds. The lowest BCUT2D eigenvalue weighted by atomic mass is 10.2. The fourth-order valence-electron chi connectivity index (χ4n) is 1.78. The number of rotatable bonds is 7. The number of carbonyl (C=O) groups is 1. The highest BCUT2D eigenvalue weighted by atomic mass is 32.1. The molecule has 6 heteroatoms. The Bertz CT molecular complexity index is 616. The van der Waals surface area contributed by atoms with Gasteiger partial charge in [-0.15, -0.1) is 10.2 Å². The maximum Gasteiger partial charge on any atom is 0.250 e. The van der Waals surface area contributed by atoms with E-state index in [4.69, 9.17) is 4.42 Å². The van der Waals surface area contributed by atoms with E-state index < -0.39 is 0 Å². The summed E-state index contributed by atoms with van der Waals surface area (Å²) in [6.45, 7) is 4.03. The van der Waals surface area contributed by atoms with Gasteiger partial charge in [-0.05, 0) is 31.6 Å². The Morgan fingerprint density at radius 2 is 2.24 bits per heavy atom. The van der Waals surface area contributed by atoms with Gasteiger partial charge in [-0.1, -0.05) is 31.1 Å². The Morgan fingerprint density at radius 3 is 2.95 bits per heavy atom. The molecule has 5 nitrogen and oxygen atoms in total. The number of furan rings is 1. The Kier molecular flexibility index (Phi) is 5.68. The maximum atomic E-state index is 11.8. The Labute approximate surface area is 128 Å². The van der Waals surface area contributed by atoms with Gasteiger partial charge in [0.15, 0.2) is 0 Å². The molecule has 21 heavy (non-hydrogen) atoms. The van der Waals surface area contributed by atoms with E-state index in [1.54, 1.807) is 6.08 Å². The molecule has 2 heterocycles. The molecule has 0 unspecified atom stereocenters. The molecule has 0 fully saturated rings. The molecule has 0 radical (unpaired) electrons. The monoisotopic (exact) mass is 305 g/mol. The topological polar surface area (TPSA) is 68.0 Å². The first kappa shape index (κ1) is 15.4. The van der Waals surface area contributed by atoms with Crippen LogP contribution in [0, 0.1) is 6.92 Å². The predicted molar refractivity (Wildman–Crippen MR) is 84.2 cm³/mol. The molecule has 0 aliphatic carbocycles. The number of unbranched alkanes of at least 4 members (excludes halogenated alkanes) is 2. The minimum atomic E-state index is -0.236. The van der Waals surface area contributed by atoms with Crippen LogP contribution >= 0.6 is 11.3 Å². The van der Waals surface area contributed by atoms with Crippen molar-refractivity contribution in [3.05, 3.63) is 34.7 Å². The zero-order valence-corrected chi connectivity index (χ0v) is 13.1. The van der Waals surface area contributed by atoms with E-state index in [-0.39, 0.29) is 5.91 Å². The predicted octanol–water partition coefficient (Wildman–Crippen LogP) is 3.82. The lowest BCUT2D eigenvalue weighted by molar-refractivity contribution is -0.111. The van der Waals surface area contributed by atoms with Crippen LogP contribution in [0.25, 0.3) is 6.08 Å². The van der Waals surface area contributed by atoms with E-state index in [1.165, 1.54) is 30.3 Å². The largest absolute Gasteiger partial charge is 0.462 e. The Hall–Kier alpha value is -1.95. The molecule has 0 aliphatic rings. The number of nitrogens with one attached hydrogen (secondary N) is 1. The maximum absolute atomic E-state index is 11.8. The highest BCUT2D eigenvalue weighted by Gasteiger charge is 2.06. The molecule has 0 atom stereocenters. The highest BCUT2D eigenvalue weighted by molar-refractivity contribution is 7.15. The van der Waals surface area contributed by atoms with Gasteiger partial charge in [0.1, 0.15) is 16.5 Å². The lowest BCUT2D eigenvalue weighted by Gasteiger charge is -1.94. The Morgan fingerprint density at radius 1 is 1.38 bits per heavy atom. The van der Waals surface area contributed by atoms with E-state index in [2.05, 4.69) is 22.4 Å². The zero-order valence-electron chi connectivity index (χ0n) is 12.3. The second kappa shape index (κ2) is 7.73. The van der Waals surface area contributed by atoms with E-state index >= 15 is 0 Å². The van der Waals surface area contributed by atoms with Crippen LogP contribution in [0.5, 0.6) is 0 Å². The van der Waals surface area contributed by atoms with Crippen molar-refractivity contribution >= 4 is 28.5 Å². The summed E-state index contributed by atoms with van der Waals surface area (Å²) < 4.78 is 5.35. The van der Waals surface area contributed by atoms with Crippen molar-refractivity contribution in [2.45, 2.75) is 39.5 Å². The van der Waals surface area contributed by atoms with Crippen molar-refractivity contribution in [1.82, 2.24) is 10.2 Å². The quantitative estimate of drug-likeness (QED) is 0.623. The second-order valence-electron chi connectivity index (χ2n) is 4.73. The van der Waals surface area contributed by atoms with Crippen LogP contribution in [-0.4, -0.2) is 16.1 Å². The van der Waals surface area contributed by atoms with Gasteiger partial charge in [0.25, 0.3) is 0 Å². The van der Waals surface area contributed by atoms with Crippen LogP contribution in [0.4, 0.5) is 5.13 Å². The molecule has 0 spiro atoms. The van der Waals surface area contributed by atoms with Crippen molar-refractivity contribution in [3.63, 3.8) is 0 Å². The molecular weight excluding hydrogens is 286 g/mol. The van der Waals surface area contributed by atoms with Crippen molar-refractivity contribution in [1.29, 1.82) is 0 Å². The molecule has 0 saturated carbocycles. The van der Waals surface area contributed by atoms with E-state index in [1.807, 2.05) is 19.1 Å². The number of amides is 1. The van der Waals surface area contributed by atoms with Gasteiger partial charge < -0.3 is 4.42 Å². The molecule has 2 aromatic rings. The first-order valence-electron chi connectivity index (χ1n) is 7.05. The summed E-state index contributed by atoms with van der Waals surface area (Å²) >= 11 is 1.43. The minimum Gasteiger partial charge on any atom is -0.462 e. The SMILES string of the molecule is CCCCCc1nnc(NC(=O)/C=C/c2ccc(C)o2)s1. The standard InChI is InChI=1S/C15H19N3O2S/c1-3-4-5-6-14-17-18-15(21-14)16-13(19)10-9-12-8-7-11(2)20-12/h7-10H,3-6H2,1-2H3,(H,16,18,19)/b10-9+. The second-order valence-corrected chi connectivity index (χ2v) is 5.79. The highest BCUT2D eigenvalue weighted by Crippen LogP contribution is 2.17. The van der Waals surface area contributed by atoms with Crippen LogP contribution < -0.4 is 5.32 Å². The molecule has 0 aromatic carbocycles. The summed E-state index contributed by atoms with van der Waals surface area (Å²) in [6, 6.07) is 3.67. The lowest BCUT2D eigenvalue weighted by Crippen LogP contribution is -2.07. The van der Waals surface area contributed by atoms with Crippen LogP contribution in [-0.2, 0) is 11.2 Å². The van der Waals surface area contributed by atoms with Gasteiger partial charge in [0.05, 0.1) is 0 Å². The minimum absolute atomic E-state index is 0.236. The number of aryl methyl sites for hydroxylation is 2. The fraction of sp³-hybridized carbons (Fsp3) is 0.400. The number of anilines is 1. The summed E-state index contributed by atoms with van der Waals surface area (Å²) in [5.41, 5.74) is 0. The summed E-state index contributed by atoms with van der Waals surface area (Å²) in [6.07, 6.45) is 7.45. The molecule has 0 saturated heterocycles. The zero-order chi connectivity index (χ0) is 15.1. The molecule has 112 valence electrons. The normalized spacial score (nSPS) is 11.1. The molecule has 0 bridgehead atoms. The van der Waals surface area contributed by atoms with Gasteiger partial charge in [-0.3, -0.25) is 10.1 Å². The summed E-state index contributed by atoms with van der Waals surface area (Å²) in [5.74, 6) is 1.23. The van der Waals surface area contributed by atoms with Crippen LogP contribution in [0.3, 0.4) is 0 Å². The first-order valence-corrected chi connectivity index (χ1v) is 7.87. The third-order valence-electron chi connectivity index (χ3n) is 2.85. The third kappa shape index (κ3) is 5.15. The van der Waals surface area contributed by atoms with Gasteiger partial charge in [-0.25, -0.2) is 0 Å². The Balaban J connectivity index is 1.83. The summed E-state index contributed by atoms with van der Waals surface area (Å²) in [5, 5.41) is 12.3. The number of aromatic nitrogens is 2. The molecule has 0 aliphatic heterocycles. The van der Waals surface area contributed by atoms with E-state index in [0.29, 0.717) is 10.9 Å². The number of carbonyl (C=O) groups excluding carboxylic acids is 1. The van der Waals surface area contributed by atoms with Crippen molar-refractivity contribution in [2.24, 2.45) is 0 Å². The third-order valence-corrected chi connectivity index (χ3v) is 3.75. The average Bonchev–Trinajstić information content (AvgIpc) is 3.06. The molecule has 1 N–H and O–H groups in total. The molecule has 2 rings (SSSR count). The average molecular weight is 305 g/mol. The van der Waals surface area contributed by atoms with Crippen LogP contribution in [0.15, 0.2) is 22.6 Å². The first-order chi connectivity index (χ1) is 10.2. The molecule has 2 aromatic heterocycles. The summed E-state index contributed by atoms with van der Waals surface area (Å²) in [7, 11) is 0. The van der Waals surface area contributed by atoms with E-state index in [0.717, 1.165) is 23.6 Å². The van der Waals surface area contributed by atoms with Gasteiger partial charge in [-0.2, -0.15) is 0 Å². The molecular formula is C15H19N3O2S. The number of hydrogen-bond acceptors (Lipinski definition) is 5. The van der Waals surface area contributed by atoms with Crippen molar-refractivity contribution < 1.29 is 9.21 Å². The number of hydrogen-bond donors (Lipinski definition) is 1. The van der Waals surface area contributed by atoms with Crippen LogP contribution in [0.1, 0.15) is 42.7 Å². The smallest absolute Gasteiger partial charge is 0.250 e.